The Labute approximate surface area is 108 Å². The quantitative estimate of drug-likeness (QED) is 0.890. The van der Waals surface area contributed by atoms with Crippen molar-refractivity contribution in [3.8, 4) is 0 Å². The van der Waals surface area contributed by atoms with Crippen LogP contribution in [-0.2, 0) is 4.79 Å². The summed E-state index contributed by atoms with van der Waals surface area (Å²) in [6, 6.07) is 1.92. The van der Waals surface area contributed by atoms with Crippen LogP contribution in [0.3, 0.4) is 0 Å². The van der Waals surface area contributed by atoms with E-state index < -0.39 is 11.5 Å². The van der Waals surface area contributed by atoms with Gasteiger partial charge < -0.3 is 10.4 Å². The van der Waals surface area contributed by atoms with E-state index in [0.29, 0.717) is 18.7 Å². The highest BCUT2D eigenvalue weighted by Crippen LogP contribution is 2.35. The number of carbonyl (C=O) groups is 1. The Balaban J connectivity index is 2.00. The van der Waals surface area contributed by atoms with E-state index in [4.69, 9.17) is 0 Å². The summed E-state index contributed by atoms with van der Waals surface area (Å²) in [7, 11) is 0. The predicted molar refractivity (Wildman–Crippen MR) is 69.9 cm³/mol. The van der Waals surface area contributed by atoms with Crippen LogP contribution in [0.2, 0.25) is 0 Å². The first-order valence-corrected chi connectivity index (χ1v) is 6.79. The van der Waals surface area contributed by atoms with Gasteiger partial charge in [0, 0.05) is 0 Å². The lowest BCUT2D eigenvalue weighted by Gasteiger charge is -2.26. The summed E-state index contributed by atoms with van der Waals surface area (Å²) >= 11 is 1.53. The van der Waals surface area contributed by atoms with Crippen LogP contribution in [0.1, 0.15) is 25.7 Å². The molecule has 0 radical (unpaired) electrons. The van der Waals surface area contributed by atoms with E-state index in [1.165, 1.54) is 17.7 Å². The fourth-order valence-electron chi connectivity index (χ4n) is 2.49. The second kappa shape index (κ2) is 4.20. The molecule has 0 bridgehead atoms. The van der Waals surface area contributed by atoms with Gasteiger partial charge in [-0.3, -0.25) is 0 Å². The van der Waals surface area contributed by atoms with Crippen molar-refractivity contribution in [3.63, 3.8) is 0 Å². The minimum Gasteiger partial charge on any atom is -0.480 e. The second-order valence-electron chi connectivity index (χ2n) is 4.58. The van der Waals surface area contributed by atoms with Gasteiger partial charge in [0.2, 0.25) is 0 Å². The third-order valence-electron chi connectivity index (χ3n) is 3.49. The Hall–Kier alpha value is -1.69. The minimum absolute atomic E-state index is 0.630. The number of aliphatic carboxylic acids is 1. The van der Waals surface area contributed by atoms with Crippen LogP contribution in [0.5, 0.6) is 0 Å². The molecule has 3 rings (SSSR count). The zero-order valence-corrected chi connectivity index (χ0v) is 10.5. The number of nitrogens with one attached hydrogen (secondary N) is 1. The number of rotatable bonds is 3. The van der Waals surface area contributed by atoms with Gasteiger partial charge in [-0.15, -0.1) is 11.3 Å². The minimum atomic E-state index is -0.858. The Morgan fingerprint density at radius 2 is 2.17 bits per heavy atom. The van der Waals surface area contributed by atoms with Gasteiger partial charge in [-0.25, -0.2) is 14.8 Å². The number of aromatic nitrogens is 2. The van der Waals surface area contributed by atoms with Gasteiger partial charge in [-0.1, -0.05) is 12.8 Å². The number of nitrogens with zero attached hydrogens (tertiary/aromatic N) is 2. The van der Waals surface area contributed by atoms with Crippen molar-refractivity contribution in [2.45, 2.75) is 31.2 Å². The molecule has 2 aromatic rings. The van der Waals surface area contributed by atoms with E-state index >= 15 is 0 Å². The molecule has 0 spiro atoms. The Bertz CT molecular complexity index is 590. The normalized spacial score (nSPS) is 18.0. The molecule has 1 fully saturated rings. The lowest BCUT2D eigenvalue weighted by Crippen LogP contribution is -2.43. The molecule has 1 aliphatic carbocycles. The summed E-state index contributed by atoms with van der Waals surface area (Å²) in [5.41, 5.74) is -0.858. The molecule has 0 amide bonds. The highest BCUT2D eigenvalue weighted by Gasteiger charge is 2.41. The standard InChI is InChI=1S/C12H13N3O2S/c16-11(17)12(4-1-2-5-12)15-9-8-3-6-18-10(8)14-7-13-9/h3,6-7H,1-2,4-5H2,(H,16,17)(H,13,14,15). The van der Waals surface area contributed by atoms with Crippen molar-refractivity contribution >= 4 is 33.3 Å². The van der Waals surface area contributed by atoms with Crippen LogP contribution in [0.4, 0.5) is 5.82 Å². The third-order valence-corrected chi connectivity index (χ3v) is 4.31. The zero-order chi connectivity index (χ0) is 12.6. The van der Waals surface area contributed by atoms with Crippen LogP contribution in [0, 0.1) is 0 Å². The Morgan fingerprint density at radius 1 is 1.39 bits per heavy atom. The van der Waals surface area contributed by atoms with Gasteiger partial charge in [0.25, 0.3) is 0 Å². The summed E-state index contributed by atoms with van der Waals surface area (Å²) in [4.78, 5) is 20.7. The summed E-state index contributed by atoms with van der Waals surface area (Å²) in [5.74, 6) is -0.160. The van der Waals surface area contributed by atoms with Crippen LogP contribution in [-0.4, -0.2) is 26.6 Å². The Morgan fingerprint density at radius 3 is 2.89 bits per heavy atom. The SMILES string of the molecule is O=C(O)C1(Nc2ncnc3sccc23)CCCC1. The number of carboxylic acid groups (broad SMARTS) is 1. The average Bonchev–Trinajstić information content (AvgIpc) is 2.98. The first kappa shape index (κ1) is 11.4. The first-order valence-electron chi connectivity index (χ1n) is 5.91. The number of anilines is 1. The van der Waals surface area contributed by atoms with Crippen molar-refractivity contribution in [3.05, 3.63) is 17.8 Å². The number of fused-ring (bicyclic) bond motifs is 1. The zero-order valence-electron chi connectivity index (χ0n) is 9.72. The lowest BCUT2D eigenvalue weighted by molar-refractivity contribution is -0.142. The van der Waals surface area contributed by atoms with E-state index in [1.807, 2.05) is 11.4 Å². The van der Waals surface area contributed by atoms with Gasteiger partial charge in [0.1, 0.15) is 22.5 Å². The lowest BCUT2D eigenvalue weighted by atomic mass is 9.98. The molecule has 1 aliphatic rings. The monoisotopic (exact) mass is 263 g/mol. The summed E-state index contributed by atoms with van der Waals surface area (Å²) in [6.07, 6.45) is 4.66. The smallest absolute Gasteiger partial charge is 0.329 e. The second-order valence-corrected chi connectivity index (χ2v) is 5.48. The van der Waals surface area contributed by atoms with Crippen molar-refractivity contribution in [1.29, 1.82) is 0 Å². The van der Waals surface area contributed by atoms with E-state index in [2.05, 4.69) is 15.3 Å². The molecule has 2 aromatic heterocycles. The van der Waals surface area contributed by atoms with Crippen LogP contribution < -0.4 is 5.32 Å². The summed E-state index contributed by atoms with van der Waals surface area (Å²) in [6.45, 7) is 0. The third kappa shape index (κ3) is 1.73. The van der Waals surface area contributed by atoms with Gasteiger partial charge in [-0.2, -0.15) is 0 Å². The van der Waals surface area contributed by atoms with E-state index in [1.54, 1.807) is 0 Å². The molecule has 2 heterocycles. The molecule has 0 atom stereocenters. The molecule has 0 aromatic carbocycles. The molecule has 94 valence electrons. The highest BCUT2D eigenvalue weighted by molar-refractivity contribution is 7.16. The fraction of sp³-hybridized carbons (Fsp3) is 0.417. The molecule has 1 saturated carbocycles. The van der Waals surface area contributed by atoms with Crippen LogP contribution in [0.15, 0.2) is 17.8 Å². The maximum absolute atomic E-state index is 11.5. The topological polar surface area (TPSA) is 75.1 Å². The molecule has 0 saturated heterocycles. The van der Waals surface area contributed by atoms with Crippen molar-refractivity contribution in [2.75, 3.05) is 5.32 Å². The average molecular weight is 263 g/mol. The molecule has 18 heavy (non-hydrogen) atoms. The molecule has 2 N–H and O–H groups in total. The largest absolute Gasteiger partial charge is 0.480 e. The highest BCUT2D eigenvalue weighted by atomic mass is 32.1. The first-order chi connectivity index (χ1) is 8.71. The fourth-order valence-corrected chi connectivity index (χ4v) is 3.22. The van der Waals surface area contributed by atoms with E-state index in [0.717, 1.165) is 23.1 Å². The molecule has 6 heteroatoms. The molecular formula is C12H13N3O2S. The maximum atomic E-state index is 11.5. The summed E-state index contributed by atoms with van der Waals surface area (Å²) in [5, 5.41) is 15.4. The summed E-state index contributed by atoms with van der Waals surface area (Å²) < 4.78 is 0. The van der Waals surface area contributed by atoms with Crippen molar-refractivity contribution in [1.82, 2.24) is 9.97 Å². The van der Waals surface area contributed by atoms with E-state index in [9.17, 15) is 9.90 Å². The number of thiophene rings is 1. The number of hydrogen-bond acceptors (Lipinski definition) is 5. The van der Waals surface area contributed by atoms with Crippen LogP contribution in [0.25, 0.3) is 10.2 Å². The molecule has 0 aliphatic heterocycles. The molecular weight excluding hydrogens is 250 g/mol. The molecule has 0 unspecified atom stereocenters. The van der Waals surface area contributed by atoms with Gasteiger partial charge in [0.05, 0.1) is 5.39 Å². The number of carboxylic acids is 1. The Kier molecular flexibility index (Phi) is 2.66. The van der Waals surface area contributed by atoms with Crippen molar-refractivity contribution < 1.29 is 9.90 Å². The van der Waals surface area contributed by atoms with Gasteiger partial charge in [0.15, 0.2) is 0 Å². The van der Waals surface area contributed by atoms with Crippen molar-refractivity contribution in [2.24, 2.45) is 0 Å². The van der Waals surface area contributed by atoms with Gasteiger partial charge >= 0.3 is 5.97 Å². The van der Waals surface area contributed by atoms with Gasteiger partial charge in [-0.05, 0) is 24.3 Å². The van der Waals surface area contributed by atoms with E-state index in [-0.39, 0.29) is 0 Å². The molecule has 5 nitrogen and oxygen atoms in total. The predicted octanol–water partition coefficient (Wildman–Crippen LogP) is 2.50. The maximum Gasteiger partial charge on any atom is 0.329 e. The number of hydrogen-bond donors (Lipinski definition) is 2. The van der Waals surface area contributed by atoms with Crippen LogP contribution >= 0.6 is 11.3 Å².